The van der Waals surface area contributed by atoms with Gasteiger partial charge >= 0.3 is 0 Å². The van der Waals surface area contributed by atoms with Gasteiger partial charge in [-0.15, -0.1) is 0 Å². The van der Waals surface area contributed by atoms with Crippen LogP contribution in [-0.4, -0.2) is 15.9 Å². The lowest BCUT2D eigenvalue weighted by atomic mass is 9.98. The molecule has 5 N–H and O–H groups in total. The summed E-state index contributed by atoms with van der Waals surface area (Å²) in [7, 11) is 0. The van der Waals surface area contributed by atoms with Crippen LogP contribution in [0.15, 0.2) is 48.8 Å². The van der Waals surface area contributed by atoms with Crippen LogP contribution in [0, 0.1) is 11.3 Å². The number of carbonyl (C=O) groups excluding carboxylic acids is 1. The topological polar surface area (TPSA) is 122 Å². The maximum Gasteiger partial charge on any atom is 0.248 e. The van der Waals surface area contributed by atoms with Crippen LogP contribution in [-0.2, 0) is 0 Å². The molecule has 1 amide bonds. The summed E-state index contributed by atoms with van der Waals surface area (Å²) < 4.78 is 0. The van der Waals surface area contributed by atoms with E-state index >= 15 is 0 Å². The number of aromatic amines is 1. The number of H-pyrrole nitrogens is 1. The van der Waals surface area contributed by atoms with Crippen molar-refractivity contribution in [3.63, 3.8) is 0 Å². The summed E-state index contributed by atoms with van der Waals surface area (Å²) in [6, 6.07) is 12.5. The van der Waals surface area contributed by atoms with Gasteiger partial charge < -0.3 is 16.5 Å². The molecule has 0 bridgehead atoms. The van der Waals surface area contributed by atoms with Crippen LogP contribution in [0.1, 0.15) is 15.9 Å². The number of nitrogen functional groups attached to an aromatic ring is 1. The molecule has 0 unspecified atom stereocenters. The second kappa shape index (κ2) is 5.66. The Bertz CT molecular complexity index is 905. The van der Waals surface area contributed by atoms with E-state index in [-0.39, 0.29) is 5.82 Å². The minimum Gasteiger partial charge on any atom is -0.383 e. The second-order valence-corrected chi connectivity index (χ2v) is 4.97. The summed E-state index contributed by atoms with van der Waals surface area (Å²) in [5.74, 6) is -0.334. The number of benzene rings is 1. The van der Waals surface area contributed by atoms with Crippen LogP contribution < -0.4 is 11.5 Å². The molecule has 0 atom stereocenters. The largest absolute Gasteiger partial charge is 0.383 e. The normalized spacial score (nSPS) is 10.2. The standard InChI is InChI=1S/C17H13N5O/c18-8-14-13(10-1-3-11(4-2-10)17(20)23)7-15(22-16(14)19)12-5-6-21-9-12/h1-7,9,21H,(H2,19,22)(H2,20,23). The Morgan fingerprint density at radius 2 is 1.91 bits per heavy atom. The Hall–Kier alpha value is -3.59. The molecule has 112 valence electrons. The lowest BCUT2D eigenvalue weighted by Gasteiger charge is -2.09. The maximum absolute atomic E-state index is 11.2. The predicted octanol–water partition coefficient (Wildman–Crippen LogP) is 2.30. The first-order valence-electron chi connectivity index (χ1n) is 6.84. The smallest absolute Gasteiger partial charge is 0.248 e. The van der Waals surface area contributed by atoms with Crippen LogP contribution in [0.3, 0.4) is 0 Å². The molecule has 0 saturated carbocycles. The molecule has 1 aromatic carbocycles. The van der Waals surface area contributed by atoms with Gasteiger partial charge in [0.15, 0.2) is 0 Å². The van der Waals surface area contributed by atoms with Crippen LogP contribution in [0.2, 0.25) is 0 Å². The Kier molecular flexibility index (Phi) is 3.53. The molecule has 0 fully saturated rings. The zero-order valence-electron chi connectivity index (χ0n) is 12.1. The van der Waals surface area contributed by atoms with Crippen molar-refractivity contribution in [3.8, 4) is 28.5 Å². The Labute approximate surface area is 132 Å². The number of amides is 1. The molecule has 23 heavy (non-hydrogen) atoms. The molecule has 3 rings (SSSR count). The van der Waals surface area contributed by atoms with Gasteiger partial charge in [-0.3, -0.25) is 4.79 Å². The monoisotopic (exact) mass is 303 g/mol. The van der Waals surface area contributed by atoms with Crippen LogP contribution >= 0.6 is 0 Å². The van der Waals surface area contributed by atoms with E-state index in [0.717, 1.165) is 11.1 Å². The highest BCUT2D eigenvalue weighted by atomic mass is 16.1. The maximum atomic E-state index is 11.2. The second-order valence-electron chi connectivity index (χ2n) is 4.97. The Morgan fingerprint density at radius 1 is 1.17 bits per heavy atom. The summed E-state index contributed by atoms with van der Waals surface area (Å²) in [5.41, 5.74) is 14.8. The predicted molar refractivity (Wildman–Crippen MR) is 87.1 cm³/mol. The zero-order valence-corrected chi connectivity index (χ0v) is 12.1. The van der Waals surface area contributed by atoms with Gasteiger partial charge in [0.1, 0.15) is 17.5 Å². The third-order valence-corrected chi connectivity index (χ3v) is 3.53. The summed E-state index contributed by atoms with van der Waals surface area (Å²) in [4.78, 5) is 18.4. The van der Waals surface area contributed by atoms with E-state index in [0.29, 0.717) is 22.4 Å². The molecule has 0 radical (unpaired) electrons. The number of aromatic nitrogens is 2. The summed E-state index contributed by atoms with van der Waals surface area (Å²) in [5, 5.41) is 9.37. The van der Waals surface area contributed by atoms with E-state index in [4.69, 9.17) is 11.5 Å². The van der Waals surface area contributed by atoms with Crippen molar-refractivity contribution >= 4 is 11.7 Å². The van der Waals surface area contributed by atoms with E-state index in [9.17, 15) is 10.1 Å². The van der Waals surface area contributed by atoms with Gasteiger partial charge in [-0.25, -0.2) is 4.98 Å². The number of hydrogen-bond acceptors (Lipinski definition) is 4. The fourth-order valence-electron chi connectivity index (χ4n) is 2.36. The first kappa shape index (κ1) is 14.4. The van der Waals surface area contributed by atoms with E-state index in [1.165, 1.54) is 0 Å². The third kappa shape index (κ3) is 2.63. The summed E-state index contributed by atoms with van der Waals surface area (Å²) in [6.07, 6.45) is 3.58. The molecule has 0 aliphatic carbocycles. The highest BCUT2D eigenvalue weighted by Crippen LogP contribution is 2.31. The van der Waals surface area contributed by atoms with Gasteiger partial charge in [0, 0.05) is 29.1 Å². The van der Waals surface area contributed by atoms with Gasteiger partial charge in [0.25, 0.3) is 0 Å². The van der Waals surface area contributed by atoms with Crippen molar-refractivity contribution < 1.29 is 4.79 Å². The molecule has 3 aromatic rings. The highest BCUT2D eigenvalue weighted by Gasteiger charge is 2.14. The van der Waals surface area contributed by atoms with Gasteiger partial charge in [-0.2, -0.15) is 5.26 Å². The number of primary amides is 1. The number of nitrogens with one attached hydrogen (secondary N) is 1. The highest BCUT2D eigenvalue weighted by molar-refractivity contribution is 5.93. The molecule has 0 spiro atoms. The molecule has 6 nitrogen and oxygen atoms in total. The molecule has 6 heteroatoms. The van der Waals surface area contributed by atoms with Crippen LogP contribution in [0.25, 0.3) is 22.4 Å². The third-order valence-electron chi connectivity index (χ3n) is 3.53. The zero-order chi connectivity index (χ0) is 16.4. The van der Waals surface area contributed by atoms with Gasteiger partial charge in [0.05, 0.1) is 5.69 Å². The first-order valence-corrected chi connectivity index (χ1v) is 6.84. The lowest BCUT2D eigenvalue weighted by Crippen LogP contribution is -2.10. The Balaban J connectivity index is 2.17. The minimum atomic E-state index is -0.501. The van der Waals surface area contributed by atoms with E-state index < -0.39 is 5.91 Å². The van der Waals surface area contributed by atoms with Gasteiger partial charge in [-0.1, -0.05) is 12.1 Å². The van der Waals surface area contributed by atoms with Gasteiger partial charge in [-0.05, 0) is 29.8 Å². The van der Waals surface area contributed by atoms with Crippen molar-refractivity contribution in [2.75, 3.05) is 5.73 Å². The van der Waals surface area contributed by atoms with E-state index in [1.54, 1.807) is 42.7 Å². The van der Waals surface area contributed by atoms with Crippen LogP contribution in [0.4, 0.5) is 5.82 Å². The minimum absolute atomic E-state index is 0.167. The number of pyridine rings is 1. The molecule has 0 saturated heterocycles. The summed E-state index contributed by atoms with van der Waals surface area (Å²) >= 11 is 0. The van der Waals surface area contributed by atoms with Crippen molar-refractivity contribution in [1.82, 2.24) is 9.97 Å². The number of nitrogens with two attached hydrogens (primary N) is 2. The molecule has 0 aliphatic rings. The van der Waals surface area contributed by atoms with E-state index in [2.05, 4.69) is 16.0 Å². The molecular formula is C17H13N5O. The molecule has 0 aliphatic heterocycles. The molecule has 2 heterocycles. The quantitative estimate of drug-likeness (QED) is 0.687. The molecule has 2 aromatic heterocycles. The number of rotatable bonds is 3. The number of anilines is 1. The number of nitriles is 1. The summed E-state index contributed by atoms with van der Waals surface area (Å²) in [6.45, 7) is 0. The fourth-order valence-corrected chi connectivity index (χ4v) is 2.36. The average Bonchev–Trinajstić information content (AvgIpc) is 3.08. The number of hydrogen-bond donors (Lipinski definition) is 3. The van der Waals surface area contributed by atoms with Gasteiger partial charge in [0.2, 0.25) is 5.91 Å². The van der Waals surface area contributed by atoms with Crippen molar-refractivity contribution in [1.29, 1.82) is 5.26 Å². The number of carbonyl (C=O) groups is 1. The fraction of sp³-hybridized carbons (Fsp3) is 0. The number of nitrogens with zero attached hydrogens (tertiary/aromatic N) is 2. The molecular weight excluding hydrogens is 290 g/mol. The average molecular weight is 303 g/mol. The van der Waals surface area contributed by atoms with Crippen molar-refractivity contribution in [2.24, 2.45) is 5.73 Å². The van der Waals surface area contributed by atoms with Crippen LogP contribution in [0.5, 0.6) is 0 Å². The SMILES string of the molecule is N#Cc1c(-c2ccc(C(N)=O)cc2)cc(-c2cc[nH]c2)nc1N. The van der Waals surface area contributed by atoms with E-state index in [1.807, 2.05) is 6.07 Å². The Morgan fingerprint density at radius 3 is 2.48 bits per heavy atom. The van der Waals surface area contributed by atoms with Crippen molar-refractivity contribution in [2.45, 2.75) is 0 Å². The lowest BCUT2D eigenvalue weighted by molar-refractivity contribution is 0.100. The van der Waals surface area contributed by atoms with Crippen molar-refractivity contribution in [3.05, 3.63) is 59.9 Å². The first-order chi connectivity index (χ1) is 11.1.